The fourth-order valence-corrected chi connectivity index (χ4v) is 4.06. The Labute approximate surface area is 170 Å². The van der Waals surface area contributed by atoms with Crippen molar-refractivity contribution in [2.45, 2.75) is 57.6 Å². The van der Waals surface area contributed by atoms with Crippen molar-refractivity contribution in [2.24, 2.45) is 0 Å². The summed E-state index contributed by atoms with van der Waals surface area (Å²) in [5.74, 6) is 1.14. The van der Waals surface area contributed by atoms with Crippen molar-refractivity contribution >= 4 is 29.2 Å². The Kier molecular flexibility index (Phi) is 5.17. The summed E-state index contributed by atoms with van der Waals surface area (Å²) in [5, 5.41) is 13.5. The van der Waals surface area contributed by atoms with E-state index in [1.54, 1.807) is 11.9 Å². The van der Waals surface area contributed by atoms with Crippen LogP contribution in [0.3, 0.4) is 0 Å². The molecule has 8 nitrogen and oxygen atoms in total. The Hall–Kier alpha value is -3.03. The lowest BCUT2D eigenvalue weighted by Gasteiger charge is -2.14. The van der Waals surface area contributed by atoms with E-state index in [0.717, 1.165) is 47.7 Å². The zero-order chi connectivity index (χ0) is 20.5. The van der Waals surface area contributed by atoms with Gasteiger partial charge in [0, 0.05) is 42.1 Å². The van der Waals surface area contributed by atoms with Crippen molar-refractivity contribution in [2.75, 3.05) is 17.3 Å². The Morgan fingerprint density at radius 1 is 1.31 bits per heavy atom. The lowest BCUT2D eigenvalue weighted by molar-refractivity contribution is -0.117. The van der Waals surface area contributed by atoms with Crippen LogP contribution < -0.4 is 15.5 Å². The Bertz CT molecular complexity index is 923. The summed E-state index contributed by atoms with van der Waals surface area (Å²) in [5.41, 5.74) is 3.93. The highest BCUT2D eigenvalue weighted by atomic mass is 16.6. The van der Waals surface area contributed by atoms with Gasteiger partial charge in [-0.3, -0.25) is 9.89 Å². The average Bonchev–Trinajstić information content (AvgIpc) is 3.35. The van der Waals surface area contributed by atoms with Gasteiger partial charge in [0.15, 0.2) is 5.82 Å². The number of hydrogen-bond acceptors (Lipinski definition) is 5. The number of alkyl carbamates (subject to hydrolysis) is 1. The highest BCUT2D eigenvalue weighted by Crippen LogP contribution is 2.36. The van der Waals surface area contributed by atoms with Gasteiger partial charge in [0.1, 0.15) is 6.10 Å². The number of benzene rings is 1. The third-order valence-electron chi connectivity index (χ3n) is 5.53. The smallest absolute Gasteiger partial charge is 0.407 e. The van der Waals surface area contributed by atoms with Gasteiger partial charge in [-0.05, 0) is 56.9 Å². The van der Waals surface area contributed by atoms with E-state index >= 15 is 0 Å². The predicted octanol–water partition coefficient (Wildman–Crippen LogP) is 3.44. The minimum absolute atomic E-state index is 0.0651. The van der Waals surface area contributed by atoms with Crippen LogP contribution in [0.4, 0.5) is 22.0 Å². The molecule has 1 aliphatic carbocycles. The van der Waals surface area contributed by atoms with Gasteiger partial charge < -0.3 is 20.3 Å². The molecule has 1 aliphatic heterocycles. The van der Waals surface area contributed by atoms with Gasteiger partial charge in [-0.15, -0.1) is 0 Å². The van der Waals surface area contributed by atoms with Crippen LogP contribution in [0.15, 0.2) is 24.3 Å². The van der Waals surface area contributed by atoms with E-state index in [9.17, 15) is 9.59 Å². The van der Waals surface area contributed by atoms with E-state index in [2.05, 4.69) is 20.8 Å². The van der Waals surface area contributed by atoms with Gasteiger partial charge in [0.05, 0.1) is 6.42 Å². The number of nitrogens with zero attached hydrogens (tertiary/aromatic N) is 2. The second-order valence-corrected chi connectivity index (χ2v) is 8.14. The third-order valence-corrected chi connectivity index (χ3v) is 5.53. The fourth-order valence-electron chi connectivity index (χ4n) is 4.06. The summed E-state index contributed by atoms with van der Waals surface area (Å²) in [6.45, 7) is 3.82. The number of hydrogen-bond donors (Lipinski definition) is 3. The number of aromatic nitrogens is 2. The number of fused-ring (bicyclic) bond motifs is 1. The summed E-state index contributed by atoms with van der Waals surface area (Å²) < 4.78 is 5.50. The number of aromatic amines is 1. The number of ether oxygens (including phenoxy) is 1. The van der Waals surface area contributed by atoms with Gasteiger partial charge in [0.2, 0.25) is 5.91 Å². The first-order valence-corrected chi connectivity index (χ1v) is 10.1. The van der Waals surface area contributed by atoms with Gasteiger partial charge in [-0.2, -0.15) is 5.10 Å². The van der Waals surface area contributed by atoms with Crippen molar-refractivity contribution in [1.29, 1.82) is 0 Å². The summed E-state index contributed by atoms with van der Waals surface area (Å²) in [7, 11) is 1.80. The molecule has 0 saturated heterocycles. The molecule has 0 spiro atoms. The summed E-state index contributed by atoms with van der Waals surface area (Å²) in [6.07, 6.45) is 2.61. The monoisotopic (exact) mass is 397 g/mol. The molecule has 1 unspecified atom stereocenters. The maximum absolute atomic E-state index is 11.8. The molecule has 1 aromatic heterocycles. The first-order chi connectivity index (χ1) is 13.9. The van der Waals surface area contributed by atoms with Gasteiger partial charge in [0.25, 0.3) is 0 Å². The number of carbonyl (C=O) groups excluding carboxylic acids is 2. The second kappa shape index (κ2) is 7.77. The highest BCUT2D eigenvalue weighted by Gasteiger charge is 2.30. The van der Waals surface area contributed by atoms with Crippen molar-refractivity contribution in [3.63, 3.8) is 0 Å². The fraction of sp³-hybridized carbons (Fsp3) is 0.476. The standard InChI is InChI=1S/C21H27N5O3/c1-12(2)22-21(28)29-16-6-4-13(9-16)17-11-19(25-24-17)23-15-5-7-18-14(8-15)10-20(27)26(18)3/h5,7-8,11-13,16H,4,6,9-10H2,1-3H3,(H,22,28)(H2,23,24,25)/t13-,16?/m0/s1. The quantitative estimate of drug-likeness (QED) is 0.718. The maximum Gasteiger partial charge on any atom is 0.407 e. The van der Waals surface area contributed by atoms with Crippen LogP contribution in [0.1, 0.15) is 50.3 Å². The van der Waals surface area contributed by atoms with Crippen molar-refractivity contribution < 1.29 is 14.3 Å². The Morgan fingerprint density at radius 2 is 2.14 bits per heavy atom. The Balaban J connectivity index is 1.35. The SMILES string of the molecule is CC(C)NC(=O)OC1CC[C@H](c2cc(Nc3ccc4c(c3)CC(=O)N4C)n[nH]2)C1. The topological polar surface area (TPSA) is 99.3 Å². The molecule has 4 rings (SSSR count). The molecule has 8 heteroatoms. The van der Waals surface area contributed by atoms with Crippen molar-refractivity contribution in [3.05, 3.63) is 35.5 Å². The van der Waals surface area contributed by atoms with Gasteiger partial charge in [-0.25, -0.2) is 4.79 Å². The minimum atomic E-state index is -0.349. The van der Waals surface area contributed by atoms with Crippen LogP contribution in [0.25, 0.3) is 0 Å². The first-order valence-electron chi connectivity index (χ1n) is 10.1. The second-order valence-electron chi connectivity index (χ2n) is 8.14. The number of amides is 2. The molecule has 2 aliphatic rings. The average molecular weight is 397 g/mol. The van der Waals surface area contributed by atoms with E-state index in [1.807, 2.05) is 38.1 Å². The number of nitrogens with one attached hydrogen (secondary N) is 3. The molecular formula is C21H27N5O3. The molecule has 1 saturated carbocycles. The summed E-state index contributed by atoms with van der Waals surface area (Å²) in [4.78, 5) is 25.3. The molecule has 0 radical (unpaired) electrons. The molecule has 2 aromatic rings. The molecule has 1 aromatic carbocycles. The number of carbonyl (C=O) groups is 2. The van der Waals surface area contributed by atoms with Crippen LogP contribution >= 0.6 is 0 Å². The molecule has 2 amide bonds. The van der Waals surface area contributed by atoms with Crippen LogP contribution in [0.5, 0.6) is 0 Å². The highest BCUT2D eigenvalue weighted by molar-refractivity contribution is 6.01. The van der Waals surface area contributed by atoms with E-state index in [1.165, 1.54) is 0 Å². The van der Waals surface area contributed by atoms with Gasteiger partial charge >= 0.3 is 6.09 Å². The van der Waals surface area contributed by atoms with Crippen LogP contribution in [-0.2, 0) is 16.0 Å². The third kappa shape index (κ3) is 4.21. The van der Waals surface area contributed by atoms with Crippen molar-refractivity contribution in [3.8, 4) is 0 Å². The molecule has 2 heterocycles. The normalized spacial score (nSPS) is 20.8. The molecule has 154 valence electrons. The number of anilines is 3. The van der Waals surface area contributed by atoms with Crippen LogP contribution in [0.2, 0.25) is 0 Å². The Morgan fingerprint density at radius 3 is 2.93 bits per heavy atom. The molecule has 0 bridgehead atoms. The lowest BCUT2D eigenvalue weighted by atomic mass is 10.0. The minimum Gasteiger partial charge on any atom is -0.446 e. The van der Waals surface area contributed by atoms with Gasteiger partial charge in [-0.1, -0.05) is 0 Å². The number of H-pyrrole nitrogens is 1. The first kappa shape index (κ1) is 19.3. The molecule has 29 heavy (non-hydrogen) atoms. The summed E-state index contributed by atoms with van der Waals surface area (Å²) >= 11 is 0. The zero-order valence-electron chi connectivity index (χ0n) is 17.0. The molecular weight excluding hydrogens is 370 g/mol. The molecule has 1 fully saturated rings. The number of likely N-dealkylation sites (N-methyl/N-ethyl adjacent to an activating group) is 1. The zero-order valence-corrected chi connectivity index (χ0v) is 17.0. The van der Waals surface area contributed by atoms with Crippen LogP contribution in [-0.4, -0.2) is 41.4 Å². The van der Waals surface area contributed by atoms with E-state index in [4.69, 9.17) is 4.74 Å². The summed E-state index contributed by atoms with van der Waals surface area (Å²) in [6, 6.07) is 7.98. The number of rotatable bonds is 5. The molecule has 2 atom stereocenters. The van der Waals surface area contributed by atoms with E-state index in [-0.39, 0.29) is 24.1 Å². The van der Waals surface area contributed by atoms with E-state index in [0.29, 0.717) is 12.3 Å². The molecule has 3 N–H and O–H groups in total. The lowest BCUT2D eigenvalue weighted by Crippen LogP contribution is -2.33. The largest absolute Gasteiger partial charge is 0.446 e. The maximum atomic E-state index is 11.8. The predicted molar refractivity (Wildman–Crippen MR) is 111 cm³/mol. The van der Waals surface area contributed by atoms with Crippen LogP contribution in [0, 0.1) is 0 Å². The van der Waals surface area contributed by atoms with Crippen molar-refractivity contribution in [1.82, 2.24) is 15.5 Å². The van der Waals surface area contributed by atoms with E-state index < -0.39 is 0 Å².